The van der Waals surface area contributed by atoms with E-state index in [1.807, 2.05) is 26.2 Å². The second-order valence-corrected chi connectivity index (χ2v) is 24.4. The van der Waals surface area contributed by atoms with Gasteiger partial charge < -0.3 is 36.3 Å². The summed E-state index contributed by atoms with van der Waals surface area (Å²) >= 11 is 0. The first kappa shape index (κ1) is 42.0. The molecular formula is C23H50F4O11SSi3. The van der Waals surface area contributed by atoms with Gasteiger partial charge in [0.25, 0.3) is 5.92 Å². The quantitative estimate of drug-likeness (QED) is 0.0559. The van der Waals surface area contributed by atoms with Crippen molar-refractivity contribution in [2.45, 2.75) is 75.3 Å². The molecule has 0 aliphatic rings. The van der Waals surface area contributed by atoms with Crippen LogP contribution in [-0.4, -0.2) is 123 Å². The smallest absolute Gasteiger partial charge is 0.392 e. The van der Waals surface area contributed by atoms with Gasteiger partial charge in [0.1, 0.15) is 13.2 Å². The molecule has 0 aromatic heterocycles. The van der Waals surface area contributed by atoms with Crippen LogP contribution >= 0.6 is 0 Å². The van der Waals surface area contributed by atoms with E-state index in [0.717, 1.165) is 0 Å². The van der Waals surface area contributed by atoms with Crippen LogP contribution in [0.3, 0.4) is 0 Å². The molecule has 0 saturated carbocycles. The molecule has 0 aromatic rings. The van der Waals surface area contributed by atoms with Gasteiger partial charge in [0.2, 0.25) is 0 Å². The zero-order valence-corrected chi connectivity index (χ0v) is 29.7. The van der Waals surface area contributed by atoms with Crippen LogP contribution in [0.4, 0.5) is 17.6 Å². The fourth-order valence-corrected chi connectivity index (χ4v) is 16.7. The van der Waals surface area contributed by atoms with E-state index in [0.29, 0.717) is 58.7 Å². The van der Waals surface area contributed by atoms with Gasteiger partial charge in [-0.2, -0.15) is 17.2 Å². The Labute approximate surface area is 251 Å². The average Bonchev–Trinajstić information content (AvgIpc) is 2.82. The van der Waals surface area contributed by atoms with Gasteiger partial charge in [-0.05, 0) is 57.7 Å². The first-order valence-electron chi connectivity index (χ1n) is 13.7. The molecule has 254 valence electrons. The Hall–Kier alpha value is -0.0394. The molecule has 2 unspecified atom stereocenters. The minimum absolute atomic E-state index is 0.0560. The SMILES string of the molecule is COCCOCCOCCOCCC[Si](C)(O[Si](C)(C)C)O[Si](C)(CCCC(F)(F)COCC(F)(F)S(=O)(=O)O)OC. The van der Waals surface area contributed by atoms with E-state index in [2.05, 4.69) is 4.74 Å². The predicted molar refractivity (Wildman–Crippen MR) is 156 cm³/mol. The Bertz CT molecular complexity index is 841. The summed E-state index contributed by atoms with van der Waals surface area (Å²) < 4.78 is 129. The van der Waals surface area contributed by atoms with E-state index in [-0.39, 0.29) is 12.5 Å². The molecular weight excluding hydrogens is 645 g/mol. The van der Waals surface area contributed by atoms with Crippen LogP contribution in [0.15, 0.2) is 0 Å². The van der Waals surface area contributed by atoms with Crippen LogP contribution in [0.1, 0.15) is 19.3 Å². The standard InChI is InChI=1S/C23H50F4O11SSi3/c1-31-12-13-34-16-17-35-15-14-33-11-9-19-42(7,37-40(3,4)5)38-41(6,32-2)18-8-10-22(24,25)20-36-21-23(26,27)39(28,29)30/h8-21H2,1-7H3,(H,28,29,30). The Morgan fingerprint density at radius 1 is 0.667 bits per heavy atom. The van der Waals surface area contributed by atoms with Gasteiger partial charge in [-0.15, -0.1) is 0 Å². The Balaban J connectivity index is 4.76. The maximum Gasteiger partial charge on any atom is 0.392 e. The lowest BCUT2D eigenvalue weighted by atomic mass is 10.2. The van der Waals surface area contributed by atoms with Crippen LogP contribution in [0.2, 0.25) is 44.8 Å². The Kier molecular flexibility index (Phi) is 19.5. The van der Waals surface area contributed by atoms with E-state index >= 15 is 0 Å². The van der Waals surface area contributed by atoms with Gasteiger partial charge in [-0.3, -0.25) is 4.55 Å². The highest BCUT2D eigenvalue weighted by Gasteiger charge is 2.46. The van der Waals surface area contributed by atoms with Crippen LogP contribution in [0, 0.1) is 0 Å². The topological polar surface area (TPSA) is 128 Å². The molecule has 1 N–H and O–H groups in total. The normalized spacial score (nSPS) is 16.4. The first-order valence-corrected chi connectivity index (χ1v) is 23.6. The van der Waals surface area contributed by atoms with E-state index in [4.69, 9.17) is 36.2 Å². The van der Waals surface area contributed by atoms with Gasteiger partial charge in [-0.1, -0.05) is 0 Å². The Morgan fingerprint density at radius 3 is 1.64 bits per heavy atom. The zero-order valence-electron chi connectivity index (χ0n) is 25.8. The summed E-state index contributed by atoms with van der Waals surface area (Å²) in [5.74, 6) is -3.51. The molecule has 19 heteroatoms. The van der Waals surface area contributed by atoms with Gasteiger partial charge >= 0.3 is 32.5 Å². The first-order chi connectivity index (χ1) is 19.2. The van der Waals surface area contributed by atoms with E-state index < -0.39 is 66.4 Å². The van der Waals surface area contributed by atoms with Crippen molar-refractivity contribution in [2.24, 2.45) is 0 Å². The van der Waals surface area contributed by atoms with Crippen LogP contribution in [0.25, 0.3) is 0 Å². The van der Waals surface area contributed by atoms with Crippen LogP contribution in [-0.2, 0) is 46.5 Å². The number of ether oxygens (including phenoxy) is 5. The molecule has 0 aliphatic carbocycles. The lowest BCUT2D eigenvalue weighted by Crippen LogP contribution is -2.55. The number of halogens is 4. The number of rotatable bonds is 27. The number of hydrogen-bond donors (Lipinski definition) is 1. The highest BCUT2D eigenvalue weighted by molar-refractivity contribution is 7.86. The molecule has 0 rings (SSSR count). The van der Waals surface area contributed by atoms with E-state index in [9.17, 15) is 26.0 Å². The molecule has 0 bridgehead atoms. The molecule has 0 aromatic carbocycles. The Morgan fingerprint density at radius 2 is 1.17 bits per heavy atom. The lowest BCUT2D eigenvalue weighted by molar-refractivity contribution is -0.110. The molecule has 42 heavy (non-hydrogen) atoms. The molecule has 2 atom stereocenters. The molecule has 0 saturated heterocycles. The van der Waals surface area contributed by atoms with Gasteiger partial charge in [0, 0.05) is 27.2 Å². The van der Waals surface area contributed by atoms with Crippen molar-refractivity contribution in [3.63, 3.8) is 0 Å². The summed E-state index contributed by atoms with van der Waals surface area (Å²) in [7, 11) is -10.5. The van der Waals surface area contributed by atoms with Gasteiger partial charge in [0.05, 0.1) is 39.6 Å². The maximum absolute atomic E-state index is 14.2. The average molecular weight is 695 g/mol. The largest absolute Gasteiger partial charge is 0.437 e. The molecule has 11 nitrogen and oxygen atoms in total. The highest BCUT2D eigenvalue weighted by Crippen LogP contribution is 2.31. The van der Waals surface area contributed by atoms with Gasteiger partial charge in [0.15, 0.2) is 8.32 Å². The van der Waals surface area contributed by atoms with Crippen molar-refractivity contribution < 1.29 is 66.9 Å². The van der Waals surface area contributed by atoms with Crippen molar-refractivity contribution in [3.8, 4) is 0 Å². The van der Waals surface area contributed by atoms with Crippen molar-refractivity contribution in [1.82, 2.24) is 0 Å². The third kappa shape index (κ3) is 20.1. The molecule has 0 fully saturated rings. The summed E-state index contributed by atoms with van der Waals surface area (Å²) in [5, 5.41) is -4.68. The third-order valence-corrected chi connectivity index (χ3v) is 17.5. The summed E-state index contributed by atoms with van der Waals surface area (Å²) in [4.78, 5) is 0. The number of alkyl halides is 4. The minimum Gasteiger partial charge on any atom is -0.437 e. The van der Waals surface area contributed by atoms with Crippen LogP contribution in [0.5, 0.6) is 0 Å². The van der Waals surface area contributed by atoms with Crippen LogP contribution < -0.4 is 0 Å². The van der Waals surface area contributed by atoms with Crippen molar-refractivity contribution >= 4 is 35.6 Å². The monoisotopic (exact) mass is 694 g/mol. The molecule has 0 aliphatic heterocycles. The summed E-state index contributed by atoms with van der Waals surface area (Å²) in [6.07, 6.45) is -0.118. The molecule has 0 amide bonds. The second kappa shape index (κ2) is 19.5. The summed E-state index contributed by atoms with van der Waals surface area (Å²) in [6, 6.07) is 0.782. The summed E-state index contributed by atoms with van der Waals surface area (Å²) in [6.45, 7) is 9.77. The van der Waals surface area contributed by atoms with Gasteiger partial charge in [-0.25, -0.2) is 8.78 Å². The minimum atomic E-state index is -5.77. The predicted octanol–water partition coefficient (Wildman–Crippen LogP) is 4.64. The zero-order chi connectivity index (χ0) is 32.6. The lowest BCUT2D eigenvalue weighted by Gasteiger charge is -2.40. The molecule has 0 radical (unpaired) electrons. The maximum atomic E-state index is 14.2. The number of hydrogen-bond acceptors (Lipinski definition) is 10. The van der Waals surface area contributed by atoms with E-state index in [1.165, 1.54) is 7.11 Å². The van der Waals surface area contributed by atoms with Crippen molar-refractivity contribution in [3.05, 3.63) is 0 Å². The highest BCUT2D eigenvalue weighted by atomic mass is 32.2. The third-order valence-electron chi connectivity index (χ3n) is 5.62. The van der Waals surface area contributed by atoms with Crippen molar-refractivity contribution in [2.75, 3.05) is 73.7 Å². The van der Waals surface area contributed by atoms with E-state index in [1.54, 1.807) is 13.7 Å². The molecule has 0 spiro atoms. The fourth-order valence-electron chi connectivity index (χ4n) is 3.74. The van der Waals surface area contributed by atoms with Crippen molar-refractivity contribution in [1.29, 1.82) is 0 Å². The molecule has 0 heterocycles. The second-order valence-electron chi connectivity index (χ2n) is 11.0. The number of methoxy groups -OCH3 is 1. The fraction of sp³-hybridized carbons (Fsp3) is 1.00. The summed E-state index contributed by atoms with van der Waals surface area (Å²) in [5.41, 5.74) is 0.